The predicted molar refractivity (Wildman–Crippen MR) is 81.5 cm³/mol. The molecule has 1 heterocycles. The molecule has 1 aliphatic rings. The molecule has 3 nitrogen and oxygen atoms in total. The molecule has 0 aliphatic carbocycles. The van der Waals surface area contributed by atoms with Crippen molar-refractivity contribution in [3.05, 3.63) is 70.8 Å². The number of amides is 1. The molecule has 0 saturated heterocycles. The lowest BCUT2D eigenvalue weighted by atomic mass is 9.98. The molecule has 5 heteroatoms. The summed E-state index contributed by atoms with van der Waals surface area (Å²) in [5.74, 6) is -1.42. The van der Waals surface area contributed by atoms with E-state index in [2.05, 4.69) is 0 Å². The first-order valence-electron chi connectivity index (χ1n) is 7.52. The Morgan fingerprint density at radius 1 is 1.22 bits per heavy atom. The van der Waals surface area contributed by atoms with Gasteiger partial charge in [0.25, 0.3) is 0 Å². The summed E-state index contributed by atoms with van der Waals surface area (Å²) in [7, 11) is 0. The minimum atomic E-state index is -0.880. The van der Waals surface area contributed by atoms with Gasteiger partial charge in [-0.05, 0) is 29.2 Å². The van der Waals surface area contributed by atoms with Crippen LogP contribution in [0.2, 0.25) is 0 Å². The zero-order valence-corrected chi connectivity index (χ0v) is 12.5. The van der Waals surface area contributed by atoms with Crippen LogP contribution >= 0.6 is 0 Å². The van der Waals surface area contributed by atoms with E-state index in [9.17, 15) is 18.7 Å². The van der Waals surface area contributed by atoms with E-state index in [1.807, 2.05) is 6.07 Å². The van der Waals surface area contributed by atoms with Gasteiger partial charge in [-0.1, -0.05) is 30.3 Å². The third kappa shape index (κ3) is 3.40. The molecule has 0 spiro atoms. The average Bonchev–Trinajstić information content (AvgIpc) is 2.54. The molecule has 0 aromatic heterocycles. The molecule has 3 rings (SSSR count). The highest BCUT2D eigenvalue weighted by Crippen LogP contribution is 2.25. The van der Waals surface area contributed by atoms with Gasteiger partial charge >= 0.3 is 0 Å². The summed E-state index contributed by atoms with van der Waals surface area (Å²) in [5, 5.41) is 10.1. The van der Waals surface area contributed by atoms with E-state index in [0.717, 1.165) is 6.07 Å². The molecular formula is C18H17F2NO2. The number of carbonyl (C=O) groups excluding carboxylic acids is 1. The molecule has 0 fully saturated rings. The molecule has 1 amide bonds. The molecule has 120 valence electrons. The van der Waals surface area contributed by atoms with Crippen LogP contribution in [0.25, 0.3) is 0 Å². The number of aliphatic hydroxyl groups is 1. The van der Waals surface area contributed by atoms with Crippen LogP contribution in [-0.4, -0.2) is 22.5 Å². The Bertz CT molecular complexity index is 718. The Morgan fingerprint density at radius 2 is 1.96 bits per heavy atom. The Kier molecular flexibility index (Phi) is 4.39. The summed E-state index contributed by atoms with van der Waals surface area (Å²) in [5.41, 5.74) is 1.64. The lowest BCUT2D eigenvalue weighted by Crippen LogP contribution is -2.37. The third-order valence-electron chi connectivity index (χ3n) is 4.15. The summed E-state index contributed by atoms with van der Waals surface area (Å²) in [6.45, 7) is 0.542. The molecule has 0 radical (unpaired) electrons. The summed E-state index contributed by atoms with van der Waals surface area (Å²) in [4.78, 5) is 13.9. The van der Waals surface area contributed by atoms with E-state index in [4.69, 9.17) is 0 Å². The Hall–Kier alpha value is -2.27. The Labute approximate surface area is 133 Å². The molecule has 2 aromatic rings. The molecule has 23 heavy (non-hydrogen) atoms. The van der Waals surface area contributed by atoms with Crippen molar-refractivity contribution in [1.29, 1.82) is 0 Å². The van der Waals surface area contributed by atoms with Gasteiger partial charge in [-0.3, -0.25) is 4.79 Å². The topological polar surface area (TPSA) is 40.5 Å². The Balaban J connectivity index is 1.70. The smallest absolute Gasteiger partial charge is 0.225 e. The van der Waals surface area contributed by atoms with Crippen LogP contribution in [0.4, 0.5) is 8.78 Å². The SMILES string of the molecule is O=C(CC(O)c1ccccc1)N1CCc2c(F)cc(F)cc2C1. The fourth-order valence-electron chi connectivity index (χ4n) is 2.91. The highest BCUT2D eigenvalue weighted by atomic mass is 19.1. The second-order valence-electron chi connectivity index (χ2n) is 5.72. The van der Waals surface area contributed by atoms with Gasteiger partial charge in [-0.15, -0.1) is 0 Å². The van der Waals surface area contributed by atoms with Crippen molar-refractivity contribution in [1.82, 2.24) is 4.90 Å². The minimum absolute atomic E-state index is 0.0445. The van der Waals surface area contributed by atoms with Crippen LogP contribution in [0.1, 0.15) is 29.2 Å². The van der Waals surface area contributed by atoms with Gasteiger partial charge in [0, 0.05) is 19.2 Å². The van der Waals surface area contributed by atoms with Crippen molar-refractivity contribution in [2.45, 2.75) is 25.5 Å². The molecule has 2 aromatic carbocycles. The lowest BCUT2D eigenvalue weighted by Gasteiger charge is -2.30. The summed E-state index contributed by atoms with van der Waals surface area (Å²) >= 11 is 0. The van der Waals surface area contributed by atoms with E-state index in [1.165, 1.54) is 11.0 Å². The molecule has 1 atom stereocenters. The predicted octanol–water partition coefficient (Wildman–Crippen LogP) is 2.97. The van der Waals surface area contributed by atoms with Gasteiger partial charge in [0.2, 0.25) is 5.91 Å². The van der Waals surface area contributed by atoms with Gasteiger partial charge < -0.3 is 10.0 Å². The van der Waals surface area contributed by atoms with Crippen molar-refractivity contribution in [2.75, 3.05) is 6.54 Å². The standard InChI is InChI=1S/C18H17F2NO2/c19-14-8-13-11-21(7-6-15(13)16(20)9-14)18(23)10-17(22)12-4-2-1-3-5-12/h1-5,8-9,17,22H,6-7,10-11H2. The maximum atomic E-state index is 13.7. The summed E-state index contributed by atoms with van der Waals surface area (Å²) in [6, 6.07) is 11.1. The number of carbonyl (C=O) groups is 1. The van der Waals surface area contributed by atoms with Crippen LogP contribution in [0.5, 0.6) is 0 Å². The second kappa shape index (κ2) is 6.46. The number of nitrogens with zero attached hydrogens (tertiary/aromatic N) is 1. The molecule has 0 bridgehead atoms. The zero-order chi connectivity index (χ0) is 16.4. The first-order chi connectivity index (χ1) is 11.0. The van der Waals surface area contributed by atoms with Gasteiger partial charge in [-0.2, -0.15) is 0 Å². The highest BCUT2D eigenvalue weighted by molar-refractivity contribution is 5.77. The van der Waals surface area contributed by atoms with Crippen molar-refractivity contribution >= 4 is 5.91 Å². The maximum Gasteiger partial charge on any atom is 0.225 e. The van der Waals surface area contributed by atoms with Crippen LogP contribution in [0.15, 0.2) is 42.5 Å². The maximum absolute atomic E-state index is 13.7. The van der Waals surface area contributed by atoms with Crippen molar-refractivity contribution in [3.8, 4) is 0 Å². The number of rotatable bonds is 3. The first kappa shape index (κ1) is 15.6. The lowest BCUT2D eigenvalue weighted by molar-refractivity contribution is -0.134. The number of halogens is 2. The molecule has 1 aliphatic heterocycles. The normalized spacial score (nSPS) is 15.2. The number of hydrogen-bond donors (Lipinski definition) is 1. The number of benzene rings is 2. The highest BCUT2D eigenvalue weighted by Gasteiger charge is 2.25. The monoisotopic (exact) mass is 317 g/mol. The number of fused-ring (bicyclic) bond motifs is 1. The fourth-order valence-corrected chi connectivity index (χ4v) is 2.91. The van der Waals surface area contributed by atoms with Crippen LogP contribution < -0.4 is 0 Å². The van der Waals surface area contributed by atoms with Crippen LogP contribution in [0.3, 0.4) is 0 Å². The van der Waals surface area contributed by atoms with E-state index in [-0.39, 0.29) is 18.9 Å². The van der Waals surface area contributed by atoms with Crippen molar-refractivity contribution in [3.63, 3.8) is 0 Å². The molecule has 1 unspecified atom stereocenters. The second-order valence-corrected chi connectivity index (χ2v) is 5.72. The van der Waals surface area contributed by atoms with Gasteiger partial charge in [0.15, 0.2) is 0 Å². The number of aliphatic hydroxyl groups excluding tert-OH is 1. The van der Waals surface area contributed by atoms with Gasteiger partial charge in [-0.25, -0.2) is 8.78 Å². The zero-order valence-electron chi connectivity index (χ0n) is 12.5. The third-order valence-corrected chi connectivity index (χ3v) is 4.15. The molecule has 1 N–H and O–H groups in total. The largest absolute Gasteiger partial charge is 0.388 e. The van der Waals surface area contributed by atoms with Crippen LogP contribution in [0, 0.1) is 11.6 Å². The minimum Gasteiger partial charge on any atom is -0.388 e. The Morgan fingerprint density at radius 3 is 2.70 bits per heavy atom. The average molecular weight is 317 g/mol. The number of hydrogen-bond acceptors (Lipinski definition) is 2. The van der Waals surface area contributed by atoms with E-state index in [1.54, 1.807) is 24.3 Å². The first-order valence-corrected chi connectivity index (χ1v) is 7.52. The summed E-state index contributed by atoms with van der Waals surface area (Å²) in [6.07, 6.45) is -0.569. The van der Waals surface area contributed by atoms with Gasteiger partial charge in [0.1, 0.15) is 11.6 Å². The van der Waals surface area contributed by atoms with E-state index >= 15 is 0 Å². The summed E-state index contributed by atoms with van der Waals surface area (Å²) < 4.78 is 27.0. The van der Waals surface area contributed by atoms with Crippen LogP contribution in [-0.2, 0) is 17.8 Å². The van der Waals surface area contributed by atoms with Gasteiger partial charge in [0.05, 0.1) is 12.5 Å². The fraction of sp³-hybridized carbons (Fsp3) is 0.278. The van der Waals surface area contributed by atoms with E-state index in [0.29, 0.717) is 29.7 Å². The van der Waals surface area contributed by atoms with Crippen molar-refractivity contribution in [2.24, 2.45) is 0 Å². The van der Waals surface area contributed by atoms with Crippen molar-refractivity contribution < 1.29 is 18.7 Å². The van der Waals surface area contributed by atoms with E-state index < -0.39 is 17.7 Å². The quantitative estimate of drug-likeness (QED) is 0.945. The molecular weight excluding hydrogens is 300 g/mol. The molecule has 0 saturated carbocycles.